The molecule has 0 aliphatic carbocycles. The van der Waals surface area contributed by atoms with Gasteiger partial charge in [-0.2, -0.15) is 0 Å². The fraction of sp³-hybridized carbons (Fsp3) is 0.500. The molecule has 1 nitrogen and oxygen atoms in total. The highest BCUT2D eigenvalue weighted by atomic mass is 16.3. The Balaban J connectivity index is 2.99. The van der Waals surface area contributed by atoms with Gasteiger partial charge in [0, 0.05) is 0 Å². The minimum atomic E-state index is 0.0834. The van der Waals surface area contributed by atoms with Gasteiger partial charge in [-0.3, -0.25) is 0 Å². The van der Waals surface area contributed by atoms with E-state index in [1.165, 1.54) is 0 Å². The van der Waals surface area contributed by atoms with E-state index in [0.717, 1.165) is 18.4 Å². The minimum Gasteiger partial charge on any atom is -0.508 e. The molecule has 0 aromatic heterocycles. The summed E-state index contributed by atoms with van der Waals surface area (Å²) < 4.78 is 0. The van der Waals surface area contributed by atoms with Crippen molar-refractivity contribution in [1.29, 1.82) is 0 Å². The van der Waals surface area contributed by atoms with Crippen LogP contribution in [0.5, 0.6) is 5.75 Å². The molecule has 72 valence electrons. The first-order valence-corrected chi connectivity index (χ1v) is 4.86. The van der Waals surface area contributed by atoms with Gasteiger partial charge >= 0.3 is 0 Å². The van der Waals surface area contributed by atoms with Gasteiger partial charge in [-0.1, -0.05) is 45.4 Å². The number of rotatable bonds is 3. The van der Waals surface area contributed by atoms with Gasteiger partial charge in [0.2, 0.25) is 0 Å². The Morgan fingerprint density at radius 2 is 1.85 bits per heavy atom. The summed E-state index contributed by atoms with van der Waals surface area (Å²) in [6.45, 7) is 6.51. The van der Waals surface area contributed by atoms with Crippen LogP contribution in [0, 0.1) is 0 Å². The van der Waals surface area contributed by atoms with Crippen LogP contribution in [-0.4, -0.2) is 5.11 Å². The molecule has 0 bridgehead atoms. The fourth-order valence-electron chi connectivity index (χ4n) is 1.81. The van der Waals surface area contributed by atoms with Crippen molar-refractivity contribution >= 4 is 0 Å². The van der Waals surface area contributed by atoms with E-state index in [2.05, 4.69) is 20.8 Å². The fourth-order valence-corrected chi connectivity index (χ4v) is 1.81. The van der Waals surface area contributed by atoms with Crippen molar-refractivity contribution in [2.45, 2.75) is 39.0 Å². The van der Waals surface area contributed by atoms with Crippen LogP contribution in [0.4, 0.5) is 0 Å². The lowest BCUT2D eigenvalue weighted by atomic mass is 9.80. The SMILES string of the molecule is CCCC(C)(C)c1ccccc1O. The molecular formula is C12H18O. The summed E-state index contributed by atoms with van der Waals surface area (Å²) in [4.78, 5) is 0. The molecule has 1 aromatic carbocycles. The summed E-state index contributed by atoms with van der Waals surface area (Å²) in [5.41, 5.74) is 1.14. The van der Waals surface area contributed by atoms with Crippen molar-refractivity contribution in [3.05, 3.63) is 29.8 Å². The van der Waals surface area contributed by atoms with E-state index in [1.54, 1.807) is 6.07 Å². The van der Waals surface area contributed by atoms with E-state index in [9.17, 15) is 5.11 Å². The van der Waals surface area contributed by atoms with Gasteiger partial charge in [-0.05, 0) is 23.5 Å². The molecule has 0 atom stereocenters. The van der Waals surface area contributed by atoms with E-state index < -0.39 is 0 Å². The van der Waals surface area contributed by atoms with E-state index >= 15 is 0 Å². The predicted molar refractivity (Wildman–Crippen MR) is 56.0 cm³/mol. The van der Waals surface area contributed by atoms with Gasteiger partial charge in [0.25, 0.3) is 0 Å². The molecule has 0 aliphatic heterocycles. The molecule has 0 spiro atoms. The van der Waals surface area contributed by atoms with Crippen LogP contribution in [0.25, 0.3) is 0 Å². The molecule has 1 rings (SSSR count). The Bertz CT molecular complexity index is 276. The number of hydrogen-bond acceptors (Lipinski definition) is 1. The standard InChI is InChI=1S/C12H18O/c1-4-9-12(2,3)10-7-5-6-8-11(10)13/h5-8,13H,4,9H2,1-3H3. The molecular weight excluding hydrogens is 160 g/mol. The number of phenolic OH excluding ortho intramolecular Hbond substituents is 1. The maximum absolute atomic E-state index is 9.67. The Labute approximate surface area is 80.4 Å². The maximum Gasteiger partial charge on any atom is 0.119 e. The molecule has 1 N–H and O–H groups in total. The van der Waals surface area contributed by atoms with Crippen molar-refractivity contribution in [2.75, 3.05) is 0 Å². The van der Waals surface area contributed by atoms with Gasteiger partial charge in [-0.25, -0.2) is 0 Å². The highest BCUT2D eigenvalue weighted by molar-refractivity contribution is 5.37. The lowest BCUT2D eigenvalue weighted by Gasteiger charge is -2.25. The third-order valence-electron chi connectivity index (χ3n) is 2.51. The Morgan fingerprint density at radius 3 is 2.38 bits per heavy atom. The summed E-state index contributed by atoms with van der Waals surface area (Å²) >= 11 is 0. The maximum atomic E-state index is 9.67. The summed E-state index contributed by atoms with van der Waals surface area (Å²) in [7, 11) is 0. The van der Waals surface area contributed by atoms with Gasteiger partial charge in [0.1, 0.15) is 5.75 Å². The van der Waals surface area contributed by atoms with E-state index in [0.29, 0.717) is 5.75 Å². The second kappa shape index (κ2) is 3.82. The van der Waals surface area contributed by atoms with Crippen LogP contribution in [-0.2, 0) is 5.41 Å². The molecule has 0 heterocycles. The average Bonchev–Trinajstić information content (AvgIpc) is 2.04. The van der Waals surface area contributed by atoms with E-state index in [-0.39, 0.29) is 5.41 Å². The lowest BCUT2D eigenvalue weighted by molar-refractivity contribution is 0.417. The molecule has 0 saturated carbocycles. The lowest BCUT2D eigenvalue weighted by Crippen LogP contribution is -2.16. The van der Waals surface area contributed by atoms with Crippen LogP contribution >= 0.6 is 0 Å². The monoisotopic (exact) mass is 178 g/mol. The molecule has 0 radical (unpaired) electrons. The quantitative estimate of drug-likeness (QED) is 0.751. The van der Waals surface area contributed by atoms with Gasteiger partial charge in [0.15, 0.2) is 0 Å². The largest absolute Gasteiger partial charge is 0.508 e. The zero-order chi connectivity index (χ0) is 9.90. The topological polar surface area (TPSA) is 20.2 Å². The normalized spacial score (nSPS) is 11.6. The molecule has 0 saturated heterocycles. The molecule has 0 fully saturated rings. The molecule has 1 aromatic rings. The first-order valence-electron chi connectivity index (χ1n) is 4.86. The molecule has 0 unspecified atom stereocenters. The summed E-state index contributed by atoms with van der Waals surface area (Å²) in [5.74, 6) is 0.418. The smallest absolute Gasteiger partial charge is 0.119 e. The summed E-state index contributed by atoms with van der Waals surface area (Å²) in [5, 5.41) is 9.67. The zero-order valence-corrected chi connectivity index (χ0v) is 8.67. The van der Waals surface area contributed by atoms with Crippen LogP contribution in [0.2, 0.25) is 0 Å². The number of phenols is 1. The van der Waals surface area contributed by atoms with Gasteiger partial charge in [-0.15, -0.1) is 0 Å². The second-order valence-corrected chi connectivity index (χ2v) is 4.15. The molecule has 13 heavy (non-hydrogen) atoms. The Morgan fingerprint density at radius 1 is 1.23 bits per heavy atom. The van der Waals surface area contributed by atoms with Crippen LogP contribution in [0.15, 0.2) is 24.3 Å². The zero-order valence-electron chi connectivity index (χ0n) is 8.67. The van der Waals surface area contributed by atoms with Crippen molar-refractivity contribution in [1.82, 2.24) is 0 Å². The highest BCUT2D eigenvalue weighted by Gasteiger charge is 2.21. The number of hydrogen-bond donors (Lipinski definition) is 1. The number of para-hydroxylation sites is 1. The first kappa shape index (κ1) is 10.1. The molecule has 0 aliphatic rings. The summed E-state index contributed by atoms with van der Waals surface area (Å²) in [6.07, 6.45) is 2.24. The minimum absolute atomic E-state index is 0.0834. The summed E-state index contributed by atoms with van der Waals surface area (Å²) in [6, 6.07) is 7.60. The molecule has 0 amide bonds. The van der Waals surface area contributed by atoms with Gasteiger partial charge in [0.05, 0.1) is 0 Å². The van der Waals surface area contributed by atoms with Crippen molar-refractivity contribution in [3.63, 3.8) is 0 Å². The van der Waals surface area contributed by atoms with Gasteiger partial charge < -0.3 is 5.11 Å². The Kier molecular flexibility index (Phi) is 2.97. The van der Waals surface area contributed by atoms with Crippen LogP contribution < -0.4 is 0 Å². The third kappa shape index (κ3) is 2.24. The Hall–Kier alpha value is -0.980. The van der Waals surface area contributed by atoms with E-state index in [1.807, 2.05) is 18.2 Å². The second-order valence-electron chi connectivity index (χ2n) is 4.15. The van der Waals surface area contributed by atoms with Crippen molar-refractivity contribution < 1.29 is 5.11 Å². The number of benzene rings is 1. The first-order chi connectivity index (χ1) is 6.08. The molecule has 1 heteroatoms. The number of aromatic hydroxyl groups is 1. The van der Waals surface area contributed by atoms with Crippen LogP contribution in [0.3, 0.4) is 0 Å². The predicted octanol–water partition coefficient (Wildman–Crippen LogP) is 3.47. The van der Waals surface area contributed by atoms with E-state index in [4.69, 9.17) is 0 Å². The van der Waals surface area contributed by atoms with Crippen molar-refractivity contribution in [3.8, 4) is 5.75 Å². The van der Waals surface area contributed by atoms with Crippen LogP contribution in [0.1, 0.15) is 39.2 Å². The average molecular weight is 178 g/mol. The third-order valence-corrected chi connectivity index (χ3v) is 2.51. The highest BCUT2D eigenvalue weighted by Crippen LogP contribution is 2.33. The van der Waals surface area contributed by atoms with Crippen molar-refractivity contribution in [2.24, 2.45) is 0 Å².